The number of nitrogens with one attached hydrogen (secondary N) is 1. The molecule has 0 spiro atoms. The third-order valence-corrected chi connectivity index (χ3v) is 2.96. The fourth-order valence-electron chi connectivity index (χ4n) is 1.74. The minimum absolute atomic E-state index is 0.533. The summed E-state index contributed by atoms with van der Waals surface area (Å²) in [5.74, 6) is 0.797. The Hall–Kier alpha value is -0.120. The van der Waals surface area contributed by atoms with Gasteiger partial charge in [0.2, 0.25) is 0 Å². The molecule has 2 N–H and O–H groups in total. The highest BCUT2D eigenvalue weighted by Crippen LogP contribution is 2.29. The van der Waals surface area contributed by atoms with Crippen LogP contribution >= 0.6 is 0 Å². The van der Waals surface area contributed by atoms with Crippen molar-refractivity contribution >= 4 is 0 Å². The molecule has 2 fully saturated rings. The summed E-state index contributed by atoms with van der Waals surface area (Å²) in [6, 6.07) is 0. The molecule has 0 unspecified atom stereocenters. The molecule has 1 aliphatic carbocycles. The first-order valence-corrected chi connectivity index (χ1v) is 5.29. The molecule has 13 heavy (non-hydrogen) atoms. The standard InChI is InChI=1S/C10H19NO2/c12-10(3-5-11-6-4-10)8-13-7-9-1-2-9/h9,11-12H,1-8H2. The van der Waals surface area contributed by atoms with Crippen molar-refractivity contribution in [3.8, 4) is 0 Å². The van der Waals surface area contributed by atoms with Gasteiger partial charge in [0.25, 0.3) is 0 Å². The number of rotatable bonds is 4. The maximum absolute atomic E-state index is 10.0. The average molecular weight is 185 g/mol. The van der Waals surface area contributed by atoms with Gasteiger partial charge < -0.3 is 15.2 Å². The lowest BCUT2D eigenvalue weighted by molar-refractivity contribution is -0.0660. The van der Waals surface area contributed by atoms with E-state index in [0.29, 0.717) is 6.61 Å². The lowest BCUT2D eigenvalue weighted by Crippen LogP contribution is -2.45. The lowest BCUT2D eigenvalue weighted by Gasteiger charge is -2.32. The Kier molecular flexibility index (Phi) is 2.86. The Bertz CT molecular complexity index is 162. The molecule has 3 nitrogen and oxygen atoms in total. The van der Waals surface area contributed by atoms with Gasteiger partial charge >= 0.3 is 0 Å². The van der Waals surface area contributed by atoms with Gasteiger partial charge in [-0.25, -0.2) is 0 Å². The largest absolute Gasteiger partial charge is 0.387 e. The van der Waals surface area contributed by atoms with Crippen LogP contribution in [0.15, 0.2) is 0 Å². The van der Waals surface area contributed by atoms with Crippen LogP contribution in [0.3, 0.4) is 0 Å². The maximum atomic E-state index is 10.0. The van der Waals surface area contributed by atoms with E-state index in [1.807, 2.05) is 0 Å². The van der Waals surface area contributed by atoms with E-state index in [4.69, 9.17) is 4.74 Å². The maximum Gasteiger partial charge on any atom is 0.0904 e. The number of ether oxygens (including phenoxy) is 1. The van der Waals surface area contributed by atoms with Gasteiger partial charge in [0.1, 0.15) is 0 Å². The highest BCUT2D eigenvalue weighted by molar-refractivity contribution is 4.84. The molecule has 1 heterocycles. The van der Waals surface area contributed by atoms with Crippen LogP contribution in [0.4, 0.5) is 0 Å². The molecule has 1 aliphatic heterocycles. The van der Waals surface area contributed by atoms with Crippen molar-refractivity contribution in [3.63, 3.8) is 0 Å². The van der Waals surface area contributed by atoms with Gasteiger partial charge in [-0.15, -0.1) is 0 Å². The second-order valence-electron chi connectivity index (χ2n) is 4.43. The number of piperidine rings is 1. The molecule has 1 saturated heterocycles. The monoisotopic (exact) mass is 185 g/mol. The zero-order valence-electron chi connectivity index (χ0n) is 8.09. The average Bonchev–Trinajstić information content (AvgIpc) is 2.89. The smallest absolute Gasteiger partial charge is 0.0904 e. The van der Waals surface area contributed by atoms with Crippen LogP contribution in [0.5, 0.6) is 0 Å². The van der Waals surface area contributed by atoms with Gasteiger partial charge in [-0.1, -0.05) is 0 Å². The van der Waals surface area contributed by atoms with E-state index in [-0.39, 0.29) is 0 Å². The van der Waals surface area contributed by atoms with Crippen LogP contribution in [-0.2, 0) is 4.74 Å². The third kappa shape index (κ3) is 2.93. The van der Waals surface area contributed by atoms with Crippen LogP contribution in [-0.4, -0.2) is 37.0 Å². The van der Waals surface area contributed by atoms with Crippen LogP contribution in [0.25, 0.3) is 0 Å². The van der Waals surface area contributed by atoms with Gasteiger partial charge in [0, 0.05) is 6.61 Å². The number of hydrogen-bond acceptors (Lipinski definition) is 3. The van der Waals surface area contributed by atoms with Crippen LogP contribution in [0, 0.1) is 5.92 Å². The fraction of sp³-hybridized carbons (Fsp3) is 1.00. The first-order valence-electron chi connectivity index (χ1n) is 5.29. The van der Waals surface area contributed by atoms with Crippen molar-refractivity contribution in [1.29, 1.82) is 0 Å². The predicted molar refractivity (Wildman–Crippen MR) is 50.6 cm³/mol. The van der Waals surface area contributed by atoms with Crippen molar-refractivity contribution in [2.24, 2.45) is 5.92 Å². The normalized spacial score (nSPS) is 27.5. The summed E-state index contributed by atoms with van der Waals surface area (Å²) in [4.78, 5) is 0. The Balaban J connectivity index is 1.64. The molecule has 0 aromatic rings. The molecule has 0 radical (unpaired) electrons. The molecule has 2 rings (SSSR count). The summed E-state index contributed by atoms with van der Waals surface area (Å²) >= 11 is 0. The fourth-order valence-corrected chi connectivity index (χ4v) is 1.74. The molecule has 0 aromatic heterocycles. The van der Waals surface area contributed by atoms with Crippen LogP contribution < -0.4 is 5.32 Å². The Morgan fingerprint density at radius 2 is 2.00 bits per heavy atom. The summed E-state index contributed by atoms with van der Waals surface area (Å²) in [6.07, 6.45) is 4.30. The molecular formula is C10H19NO2. The SMILES string of the molecule is OC1(COCC2CC2)CCNCC1. The summed E-state index contributed by atoms with van der Waals surface area (Å²) in [5, 5.41) is 13.3. The minimum Gasteiger partial charge on any atom is -0.387 e. The highest BCUT2D eigenvalue weighted by atomic mass is 16.5. The number of hydrogen-bond donors (Lipinski definition) is 2. The Morgan fingerprint density at radius 3 is 2.62 bits per heavy atom. The topological polar surface area (TPSA) is 41.5 Å². The molecule has 0 amide bonds. The first-order chi connectivity index (χ1) is 6.29. The van der Waals surface area contributed by atoms with E-state index < -0.39 is 5.60 Å². The van der Waals surface area contributed by atoms with Gasteiger partial charge in [0.05, 0.1) is 12.2 Å². The second kappa shape index (κ2) is 3.95. The van der Waals surface area contributed by atoms with E-state index in [9.17, 15) is 5.11 Å². The molecule has 1 saturated carbocycles. The minimum atomic E-state index is -0.542. The third-order valence-electron chi connectivity index (χ3n) is 2.96. The molecule has 0 atom stereocenters. The predicted octanol–water partition coefficient (Wildman–Crippen LogP) is 0.527. The van der Waals surface area contributed by atoms with E-state index in [1.54, 1.807) is 0 Å². The van der Waals surface area contributed by atoms with Crippen molar-refractivity contribution < 1.29 is 9.84 Å². The summed E-state index contributed by atoms with van der Waals surface area (Å²) in [6.45, 7) is 3.23. The first kappa shape index (κ1) is 9.44. The van der Waals surface area contributed by atoms with E-state index in [1.165, 1.54) is 12.8 Å². The lowest BCUT2D eigenvalue weighted by atomic mass is 9.94. The van der Waals surface area contributed by atoms with Crippen molar-refractivity contribution in [3.05, 3.63) is 0 Å². The van der Waals surface area contributed by atoms with E-state index >= 15 is 0 Å². The van der Waals surface area contributed by atoms with Crippen molar-refractivity contribution in [1.82, 2.24) is 5.32 Å². The van der Waals surface area contributed by atoms with E-state index in [0.717, 1.165) is 38.5 Å². The number of aliphatic hydroxyl groups is 1. The molecule has 0 aromatic carbocycles. The zero-order valence-corrected chi connectivity index (χ0v) is 8.09. The summed E-state index contributed by atoms with van der Waals surface area (Å²) < 4.78 is 5.52. The molecule has 0 bridgehead atoms. The van der Waals surface area contributed by atoms with Gasteiger partial charge in [-0.2, -0.15) is 0 Å². The van der Waals surface area contributed by atoms with Crippen molar-refractivity contribution in [2.75, 3.05) is 26.3 Å². The second-order valence-corrected chi connectivity index (χ2v) is 4.43. The van der Waals surface area contributed by atoms with Gasteiger partial charge in [-0.3, -0.25) is 0 Å². The van der Waals surface area contributed by atoms with Crippen LogP contribution in [0.1, 0.15) is 25.7 Å². The van der Waals surface area contributed by atoms with Gasteiger partial charge in [-0.05, 0) is 44.7 Å². The highest BCUT2D eigenvalue weighted by Gasteiger charge is 2.30. The van der Waals surface area contributed by atoms with Crippen molar-refractivity contribution in [2.45, 2.75) is 31.3 Å². The summed E-state index contributed by atoms with van der Waals surface area (Å²) in [7, 11) is 0. The van der Waals surface area contributed by atoms with E-state index in [2.05, 4.69) is 5.32 Å². The molecular weight excluding hydrogens is 166 g/mol. The van der Waals surface area contributed by atoms with Crippen LogP contribution in [0.2, 0.25) is 0 Å². The summed E-state index contributed by atoms with van der Waals surface area (Å²) in [5.41, 5.74) is -0.542. The zero-order chi connectivity index (χ0) is 9.15. The molecule has 2 aliphatic rings. The Labute approximate surface area is 79.5 Å². The molecule has 76 valence electrons. The van der Waals surface area contributed by atoms with Gasteiger partial charge in [0.15, 0.2) is 0 Å². The Morgan fingerprint density at radius 1 is 1.31 bits per heavy atom. The molecule has 3 heteroatoms. The quantitative estimate of drug-likeness (QED) is 0.671.